The fourth-order valence-corrected chi connectivity index (χ4v) is 2.86. The molecule has 1 fully saturated rings. The quantitative estimate of drug-likeness (QED) is 0.844. The summed E-state index contributed by atoms with van der Waals surface area (Å²) in [7, 11) is 2.06. The number of hydrogen-bond donors (Lipinski definition) is 0. The summed E-state index contributed by atoms with van der Waals surface area (Å²) in [6.07, 6.45) is 10.2. The van der Waals surface area contributed by atoms with Crippen molar-refractivity contribution in [3.05, 3.63) is 48.3 Å². The number of likely N-dealkylation sites (tertiary alicyclic amines) is 1. The molecule has 19 heavy (non-hydrogen) atoms. The monoisotopic (exact) mass is 256 g/mol. The summed E-state index contributed by atoms with van der Waals surface area (Å²) in [5.41, 5.74) is 1.42. The van der Waals surface area contributed by atoms with E-state index < -0.39 is 0 Å². The van der Waals surface area contributed by atoms with Gasteiger partial charge in [0.25, 0.3) is 0 Å². The van der Waals surface area contributed by atoms with Crippen molar-refractivity contribution in [3.63, 3.8) is 0 Å². The minimum Gasteiger partial charge on any atom is -0.337 e. The minimum atomic E-state index is 0.636. The van der Waals surface area contributed by atoms with Crippen molar-refractivity contribution in [3.8, 4) is 0 Å². The van der Waals surface area contributed by atoms with E-state index in [9.17, 15) is 0 Å². The Labute approximate surface area is 114 Å². The van der Waals surface area contributed by atoms with E-state index in [2.05, 4.69) is 38.6 Å². The van der Waals surface area contributed by atoms with Crippen molar-refractivity contribution >= 4 is 0 Å². The second-order valence-electron chi connectivity index (χ2n) is 5.31. The van der Waals surface area contributed by atoms with E-state index >= 15 is 0 Å². The van der Waals surface area contributed by atoms with E-state index in [1.54, 1.807) is 0 Å². The molecule has 0 unspecified atom stereocenters. The lowest BCUT2D eigenvalue weighted by molar-refractivity contribution is 0.194. The molecule has 4 heteroatoms. The Morgan fingerprint density at radius 2 is 2.11 bits per heavy atom. The predicted octanol–water partition coefficient (Wildman–Crippen LogP) is 2.19. The number of hydrogen-bond acceptors (Lipinski definition) is 3. The van der Waals surface area contributed by atoms with Crippen molar-refractivity contribution in [2.24, 2.45) is 7.05 Å². The molecule has 3 rings (SSSR count). The molecule has 0 radical (unpaired) electrons. The van der Waals surface area contributed by atoms with Crippen LogP contribution in [0.1, 0.15) is 30.1 Å². The predicted molar refractivity (Wildman–Crippen MR) is 74.7 cm³/mol. The molecule has 0 spiro atoms. The van der Waals surface area contributed by atoms with Gasteiger partial charge < -0.3 is 4.57 Å². The number of piperidine rings is 1. The average molecular weight is 256 g/mol. The van der Waals surface area contributed by atoms with Gasteiger partial charge in [-0.3, -0.25) is 9.88 Å². The molecular formula is C15H20N4. The summed E-state index contributed by atoms with van der Waals surface area (Å²) in [6.45, 7) is 3.25. The lowest BCUT2D eigenvalue weighted by Gasteiger charge is -2.32. The first-order valence-corrected chi connectivity index (χ1v) is 6.91. The Hall–Kier alpha value is -1.68. The van der Waals surface area contributed by atoms with Gasteiger partial charge in [0.05, 0.1) is 6.54 Å². The van der Waals surface area contributed by atoms with Crippen LogP contribution in [0.5, 0.6) is 0 Å². The van der Waals surface area contributed by atoms with Crippen LogP contribution in [0.2, 0.25) is 0 Å². The zero-order valence-corrected chi connectivity index (χ0v) is 11.4. The third-order valence-corrected chi connectivity index (χ3v) is 3.97. The van der Waals surface area contributed by atoms with Crippen molar-refractivity contribution in [1.82, 2.24) is 19.4 Å². The number of rotatable bonds is 3. The van der Waals surface area contributed by atoms with Crippen LogP contribution in [-0.4, -0.2) is 32.5 Å². The summed E-state index contributed by atoms with van der Waals surface area (Å²) in [5.74, 6) is 1.78. The molecule has 0 amide bonds. The number of aromatic nitrogens is 3. The molecule has 1 saturated heterocycles. The second kappa shape index (κ2) is 5.53. The smallest absolute Gasteiger partial charge is 0.122 e. The molecule has 2 aromatic rings. The second-order valence-corrected chi connectivity index (χ2v) is 5.31. The van der Waals surface area contributed by atoms with E-state index in [1.807, 2.05) is 24.8 Å². The highest BCUT2D eigenvalue weighted by atomic mass is 15.2. The standard InChI is InChI=1S/C15H20N4/c1-18-10-8-17-15(18)12-19-9-2-3-14(11-19)13-4-6-16-7-5-13/h4-8,10,14H,2-3,9,11-12H2,1H3/t14-/m0/s1. The van der Waals surface area contributed by atoms with Crippen LogP contribution < -0.4 is 0 Å². The largest absolute Gasteiger partial charge is 0.337 e. The van der Waals surface area contributed by atoms with E-state index in [1.165, 1.54) is 24.9 Å². The van der Waals surface area contributed by atoms with Gasteiger partial charge in [0.15, 0.2) is 0 Å². The maximum absolute atomic E-state index is 4.42. The SMILES string of the molecule is Cn1ccnc1CN1CCC[C@H](c2ccncc2)C1. The molecule has 1 aliphatic rings. The first kappa shape index (κ1) is 12.4. The van der Waals surface area contributed by atoms with Gasteiger partial charge in [-0.25, -0.2) is 4.98 Å². The third-order valence-electron chi connectivity index (χ3n) is 3.97. The zero-order chi connectivity index (χ0) is 13.1. The van der Waals surface area contributed by atoms with E-state index in [4.69, 9.17) is 0 Å². The van der Waals surface area contributed by atoms with Crippen LogP contribution >= 0.6 is 0 Å². The normalized spacial score (nSPS) is 20.6. The van der Waals surface area contributed by atoms with Gasteiger partial charge in [0.2, 0.25) is 0 Å². The van der Waals surface area contributed by atoms with Crippen molar-refractivity contribution in [1.29, 1.82) is 0 Å². The molecule has 1 aliphatic heterocycles. The minimum absolute atomic E-state index is 0.636. The van der Waals surface area contributed by atoms with Gasteiger partial charge in [-0.15, -0.1) is 0 Å². The van der Waals surface area contributed by atoms with Gasteiger partial charge in [-0.1, -0.05) is 0 Å². The van der Waals surface area contributed by atoms with Crippen LogP contribution in [0, 0.1) is 0 Å². The number of nitrogens with zero attached hydrogens (tertiary/aromatic N) is 4. The fourth-order valence-electron chi connectivity index (χ4n) is 2.86. The van der Waals surface area contributed by atoms with Crippen LogP contribution in [0.15, 0.2) is 36.9 Å². The van der Waals surface area contributed by atoms with E-state index in [0.29, 0.717) is 5.92 Å². The Morgan fingerprint density at radius 1 is 1.26 bits per heavy atom. The first-order chi connectivity index (χ1) is 9.33. The van der Waals surface area contributed by atoms with Crippen molar-refractivity contribution < 1.29 is 0 Å². The van der Waals surface area contributed by atoms with Crippen molar-refractivity contribution in [2.75, 3.05) is 13.1 Å². The molecule has 4 nitrogen and oxygen atoms in total. The molecule has 0 bridgehead atoms. The Morgan fingerprint density at radius 3 is 2.84 bits per heavy atom. The Balaban J connectivity index is 1.67. The van der Waals surface area contributed by atoms with Crippen LogP contribution in [0.25, 0.3) is 0 Å². The number of imidazole rings is 1. The molecular weight excluding hydrogens is 236 g/mol. The highest BCUT2D eigenvalue weighted by Gasteiger charge is 2.22. The van der Waals surface area contributed by atoms with Gasteiger partial charge in [0, 0.05) is 38.4 Å². The summed E-state index contributed by atoms with van der Waals surface area (Å²) in [6, 6.07) is 4.30. The topological polar surface area (TPSA) is 34.0 Å². The molecule has 1 atom stereocenters. The van der Waals surface area contributed by atoms with Gasteiger partial charge in [-0.2, -0.15) is 0 Å². The van der Waals surface area contributed by atoms with E-state index in [0.717, 1.165) is 18.9 Å². The molecule has 100 valence electrons. The van der Waals surface area contributed by atoms with Gasteiger partial charge in [-0.05, 0) is 43.0 Å². The third kappa shape index (κ3) is 2.84. The average Bonchev–Trinajstić information content (AvgIpc) is 2.86. The highest BCUT2D eigenvalue weighted by molar-refractivity contribution is 5.17. The molecule has 3 heterocycles. The van der Waals surface area contributed by atoms with E-state index in [-0.39, 0.29) is 0 Å². The maximum atomic E-state index is 4.42. The summed E-state index contributed by atoms with van der Waals surface area (Å²) < 4.78 is 2.11. The van der Waals surface area contributed by atoms with Gasteiger partial charge in [0.1, 0.15) is 5.82 Å². The zero-order valence-electron chi connectivity index (χ0n) is 11.4. The van der Waals surface area contributed by atoms with Gasteiger partial charge >= 0.3 is 0 Å². The molecule has 0 aromatic carbocycles. The summed E-state index contributed by atoms with van der Waals surface area (Å²) in [5, 5.41) is 0. The maximum Gasteiger partial charge on any atom is 0.122 e. The number of aryl methyl sites for hydroxylation is 1. The lowest BCUT2D eigenvalue weighted by atomic mass is 9.91. The Kier molecular flexibility index (Phi) is 3.60. The first-order valence-electron chi connectivity index (χ1n) is 6.91. The van der Waals surface area contributed by atoms with Crippen LogP contribution in [0.3, 0.4) is 0 Å². The number of pyridine rings is 1. The fraction of sp³-hybridized carbons (Fsp3) is 0.467. The van der Waals surface area contributed by atoms with Crippen molar-refractivity contribution in [2.45, 2.75) is 25.3 Å². The molecule has 0 aliphatic carbocycles. The lowest BCUT2D eigenvalue weighted by Crippen LogP contribution is -2.34. The van der Waals surface area contributed by atoms with Crippen LogP contribution in [-0.2, 0) is 13.6 Å². The molecule has 0 N–H and O–H groups in total. The highest BCUT2D eigenvalue weighted by Crippen LogP contribution is 2.26. The summed E-state index contributed by atoms with van der Waals surface area (Å²) >= 11 is 0. The Bertz CT molecular complexity index is 520. The summed E-state index contributed by atoms with van der Waals surface area (Å²) in [4.78, 5) is 11.0. The molecule has 2 aromatic heterocycles. The molecule has 0 saturated carbocycles. The van der Waals surface area contributed by atoms with Crippen LogP contribution in [0.4, 0.5) is 0 Å².